The van der Waals surface area contributed by atoms with E-state index >= 15 is 0 Å². The third-order valence-corrected chi connectivity index (χ3v) is 5.26. The molecule has 1 fully saturated rings. The predicted molar refractivity (Wildman–Crippen MR) is 109 cm³/mol. The smallest absolute Gasteiger partial charge is 0.328 e. The van der Waals surface area contributed by atoms with Gasteiger partial charge in [-0.1, -0.05) is 12.1 Å². The Morgan fingerprint density at radius 1 is 1.14 bits per heavy atom. The molecule has 3 aromatic rings. The number of fused-ring (bicyclic) bond motifs is 1. The lowest BCUT2D eigenvalue weighted by molar-refractivity contribution is 0.206. The molecule has 1 N–H and O–H groups in total. The van der Waals surface area contributed by atoms with Crippen molar-refractivity contribution in [3.05, 3.63) is 58.5 Å². The molecule has 0 bridgehead atoms. The highest BCUT2D eigenvalue weighted by Gasteiger charge is 2.32. The highest BCUT2D eigenvalue weighted by molar-refractivity contribution is 5.92. The molecule has 0 radical (unpaired) electrons. The van der Waals surface area contributed by atoms with Crippen molar-refractivity contribution in [2.75, 3.05) is 12.4 Å². The fourth-order valence-corrected chi connectivity index (χ4v) is 3.50. The molecule has 146 valence electrons. The van der Waals surface area contributed by atoms with Gasteiger partial charge in [0.1, 0.15) is 5.75 Å². The number of hydrogen-bond acceptors (Lipinski definition) is 3. The number of hydrogen-bond donors (Lipinski definition) is 1. The van der Waals surface area contributed by atoms with Gasteiger partial charge >= 0.3 is 11.7 Å². The molecule has 1 aliphatic carbocycles. The van der Waals surface area contributed by atoms with E-state index in [1.807, 2.05) is 47.4 Å². The lowest BCUT2D eigenvalue weighted by Gasteiger charge is -2.23. The monoisotopic (exact) mass is 380 g/mol. The van der Waals surface area contributed by atoms with Gasteiger partial charge in [-0.15, -0.1) is 0 Å². The number of anilines is 1. The van der Waals surface area contributed by atoms with Crippen LogP contribution in [-0.2, 0) is 20.6 Å². The minimum Gasteiger partial charge on any atom is -0.497 e. The van der Waals surface area contributed by atoms with Gasteiger partial charge in [-0.2, -0.15) is 0 Å². The van der Waals surface area contributed by atoms with Crippen LogP contribution in [-0.4, -0.2) is 33.2 Å². The van der Waals surface area contributed by atoms with Gasteiger partial charge in [-0.3, -0.25) is 9.13 Å². The summed E-state index contributed by atoms with van der Waals surface area (Å²) in [5.41, 5.74) is 3.24. The summed E-state index contributed by atoms with van der Waals surface area (Å²) in [7, 11) is 5.11. The highest BCUT2D eigenvalue weighted by atomic mass is 16.5. The Morgan fingerprint density at radius 3 is 2.61 bits per heavy atom. The zero-order chi connectivity index (χ0) is 19.8. The van der Waals surface area contributed by atoms with Crippen LogP contribution >= 0.6 is 0 Å². The lowest BCUT2D eigenvalue weighted by atomic mass is 10.2. The zero-order valence-electron chi connectivity index (χ0n) is 16.3. The van der Waals surface area contributed by atoms with Gasteiger partial charge in [0.15, 0.2) is 0 Å². The molecule has 0 unspecified atom stereocenters. The number of nitrogens with zero attached hydrogens (tertiary/aromatic N) is 3. The predicted octanol–water partition coefficient (Wildman–Crippen LogP) is 3.08. The van der Waals surface area contributed by atoms with Gasteiger partial charge in [0.25, 0.3) is 0 Å². The second-order valence-electron chi connectivity index (χ2n) is 7.24. The van der Waals surface area contributed by atoms with Crippen LogP contribution in [0.1, 0.15) is 18.4 Å². The van der Waals surface area contributed by atoms with Crippen molar-refractivity contribution in [3.8, 4) is 5.75 Å². The second kappa shape index (κ2) is 7.07. The van der Waals surface area contributed by atoms with E-state index in [0.29, 0.717) is 12.2 Å². The number of carbonyl (C=O) groups excluding carboxylic acids is 1. The third-order valence-electron chi connectivity index (χ3n) is 5.26. The molecule has 0 spiro atoms. The number of nitrogens with one attached hydrogen (secondary N) is 1. The first-order valence-electron chi connectivity index (χ1n) is 9.34. The lowest BCUT2D eigenvalue weighted by Crippen LogP contribution is -2.36. The molecule has 0 atom stereocenters. The molecular weight excluding hydrogens is 356 g/mol. The molecule has 2 aromatic carbocycles. The molecular formula is C21H24N4O3. The molecule has 0 saturated heterocycles. The molecule has 28 heavy (non-hydrogen) atoms. The number of carbonyl (C=O) groups is 1. The molecule has 1 aliphatic rings. The summed E-state index contributed by atoms with van der Waals surface area (Å²) in [6.45, 7) is 0.528. The van der Waals surface area contributed by atoms with Crippen molar-refractivity contribution < 1.29 is 9.53 Å². The third kappa shape index (κ3) is 3.35. The number of ether oxygens (including phenoxy) is 1. The SMILES string of the molecule is COc1cccc(CN(C(=O)Nc2ccc3c(c2)n(C)c(=O)n3C)C2CC2)c1. The summed E-state index contributed by atoms with van der Waals surface area (Å²) in [5, 5.41) is 2.99. The van der Waals surface area contributed by atoms with E-state index in [1.165, 1.54) is 0 Å². The molecule has 4 rings (SSSR count). The van der Waals surface area contributed by atoms with E-state index in [4.69, 9.17) is 4.74 Å². The first-order chi connectivity index (χ1) is 13.5. The molecule has 7 heteroatoms. The molecule has 7 nitrogen and oxygen atoms in total. The quantitative estimate of drug-likeness (QED) is 0.740. The Bertz CT molecular complexity index is 1090. The van der Waals surface area contributed by atoms with Crippen LogP contribution in [0.3, 0.4) is 0 Å². The fraction of sp³-hybridized carbons (Fsp3) is 0.333. The van der Waals surface area contributed by atoms with Gasteiger partial charge in [0, 0.05) is 32.4 Å². The van der Waals surface area contributed by atoms with E-state index in [9.17, 15) is 9.59 Å². The van der Waals surface area contributed by atoms with Gasteiger partial charge in [-0.05, 0) is 48.7 Å². The van der Waals surface area contributed by atoms with Crippen molar-refractivity contribution in [2.45, 2.75) is 25.4 Å². The standard InChI is InChI=1S/C21H24N4O3/c1-23-18-10-7-15(12-19(18)24(2)21(23)27)22-20(26)25(16-8-9-16)13-14-5-4-6-17(11-14)28-3/h4-7,10-12,16H,8-9,13H2,1-3H3,(H,22,26). The number of amides is 2. The highest BCUT2D eigenvalue weighted by Crippen LogP contribution is 2.30. The van der Waals surface area contributed by atoms with Crippen LogP contribution in [0, 0.1) is 0 Å². The maximum atomic E-state index is 13.0. The number of imidazole rings is 1. The van der Waals surface area contributed by atoms with Crippen molar-refractivity contribution in [1.29, 1.82) is 0 Å². The topological polar surface area (TPSA) is 68.5 Å². The Morgan fingerprint density at radius 2 is 1.89 bits per heavy atom. The van der Waals surface area contributed by atoms with Crippen molar-refractivity contribution >= 4 is 22.8 Å². The molecule has 1 saturated carbocycles. The Labute approximate surface area is 163 Å². The van der Waals surface area contributed by atoms with E-state index in [2.05, 4.69) is 5.32 Å². The van der Waals surface area contributed by atoms with Crippen LogP contribution in [0.25, 0.3) is 11.0 Å². The minimum atomic E-state index is -0.134. The maximum Gasteiger partial charge on any atom is 0.328 e. The number of aromatic nitrogens is 2. The molecule has 0 aliphatic heterocycles. The van der Waals surface area contributed by atoms with Crippen molar-refractivity contribution in [1.82, 2.24) is 14.0 Å². The van der Waals surface area contributed by atoms with Crippen molar-refractivity contribution in [2.24, 2.45) is 14.1 Å². The minimum absolute atomic E-state index is 0.0869. The van der Waals surface area contributed by atoms with Crippen molar-refractivity contribution in [3.63, 3.8) is 0 Å². The number of aryl methyl sites for hydroxylation is 2. The fourth-order valence-electron chi connectivity index (χ4n) is 3.50. The van der Waals surface area contributed by atoms with E-state index < -0.39 is 0 Å². The van der Waals surface area contributed by atoms with Crippen LogP contribution in [0.4, 0.5) is 10.5 Å². The maximum absolute atomic E-state index is 13.0. The van der Waals surface area contributed by atoms with Crippen LogP contribution in [0.2, 0.25) is 0 Å². The average Bonchev–Trinajstić information content (AvgIpc) is 3.52. The zero-order valence-corrected chi connectivity index (χ0v) is 16.3. The first-order valence-corrected chi connectivity index (χ1v) is 9.34. The van der Waals surface area contributed by atoms with Gasteiger partial charge < -0.3 is 15.0 Å². The Balaban J connectivity index is 1.56. The Hall–Kier alpha value is -3.22. The van der Waals surface area contributed by atoms with Gasteiger partial charge in [-0.25, -0.2) is 9.59 Å². The summed E-state index contributed by atoms with van der Waals surface area (Å²) in [6, 6.07) is 13.4. The number of rotatable bonds is 5. The number of benzene rings is 2. The summed E-state index contributed by atoms with van der Waals surface area (Å²) >= 11 is 0. The molecule has 1 heterocycles. The molecule has 2 amide bonds. The van der Waals surface area contributed by atoms with E-state index in [0.717, 1.165) is 35.2 Å². The van der Waals surface area contributed by atoms with Crippen LogP contribution < -0.4 is 15.7 Å². The van der Waals surface area contributed by atoms with E-state index in [1.54, 1.807) is 30.3 Å². The summed E-state index contributed by atoms with van der Waals surface area (Å²) < 4.78 is 8.46. The molecule has 1 aromatic heterocycles. The largest absolute Gasteiger partial charge is 0.497 e. The first kappa shape index (κ1) is 18.2. The summed E-state index contributed by atoms with van der Waals surface area (Å²) in [4.78, 5) is 26.9. The normalized spacial score (nSPS) is 13.5. The summed E-state index contributed by atoms with van der Waals surface area (Å²) in [6.07, 6.45) is 2.03. The van der Waals surface area contributed by atoms with Gasteiger partial charge in [0.05, 0.1) is 18.1 Å². The van der Waals surface area contributed by atoms with Gasteiger partial charge in [0.2, 0.25) is 0 Å². The Kier molecular flexibility index (Phi) is 4.58. The van der Waals surface area contributed by atoms with Crippen LogP contribution in [0.15, 0.2) is 47.3 Å². The van der Waals surface area contributed by atoms with Crippen LogP contribution in [0.5, 0.6) is 5.75 Å². The van der Waals surface area contributed by atoms with E-state index in [-0.39, 0.29) is 17.8 Å². The average molecular weight is 380 g/mol. The number of methoxy groups -OCH3 is 1. The number of urea groups is 1. The second-order valence-corrected chi connectivity index (χ2v) is 7.24. The summed E-state index contributed by atoms with van der Waals surface area (Å²) in [5.74, 6) is 0.782.